The lowest BCUT2D eigenvalue weighted by Gasteiger charge is -2.22. The molecule has 0 saturated heterocycles. The zero-order valence-electron chi connectivity index (χ0n) is 11.8. The van der Waals surface area contributed by atoms with E-state index >= 15 is 0 Å². The summed E-state index contributed by atoms with van der Waals surface area (Å²) in [6, 6.07) is 1.70. The van der Waals surface area contributed by atoms with Crippen LogP contribution in [0.4, 0.5) is 5.82 Å². The average Bonchev–Trinajstić information content (AvgIpc) is 2.91. The van der Waals surface area contributed by atoms with Crippen LogP contribution in [0.15, 0.2) is 34.8 Å². The first-order valence-corrected chi connectivity index (χ1v) is 6.67. The number of nitrogens with zero attached hydrogens (tertiary/aromatic N) is 7. The summed E-state index contributed by atoms with van der Waals surface area (Å²) >= 11 is 0. The molecule has 114 valence electrons. The van der Waals surface area contributed by atoms with Gasteiger partial charge in [-0.1, -0.05) is 0 Å². The zero-order valence-corrected chi connectivity index (χ0v) is 11.8. The number of amidine groups is 1. The second-order valence-electron chi connectivity index (χ2n) is 4.59. The third kappa shape index (κ3) is 2.59. The maximum atomic E-state index is 5.94. The van der Waals surface area contributed by atoms with Crippen molar-refractivity contribution in [1.29, 1.82) is 0 Å². The van der Waals surface area contributed by atoms with Gasteiger partial charge in [-0.25, -0.2) is 19.7 Å². The molecule has 0 atom stereocenters. The Morgan fingerprint density at radius 1 is 1.32 bits per heavy atom. The van der Waals surface area contributed by atoms with E-state index in [2.05, 4.69) is 25.2 Å². The molecular weight excluding hydrogens is 284 g/mol. The van der Waals surface area contributed by atoms with Crippen LogP contribution in [-0.4, -0.2) is 43.1 Å². The molecule has 3 heterocycles. The third-order valence-corrected chi connectivity index (χ3v) is 3.05. The Morgan fingerprint density at radius 3 is 2.82 bits per heavy atom. The van der Waals surface area contributed by atoms with Crippen LogP contribution in [0, 0.1) is 0 Å². The molecule has 0 unspecified atom stereocenters. The number of aliphatic imine (C=N–C) groups is 1. The van der Waals surface area contributed by atoms with Crippen LogP contribution in [0.3, 0.4) is 0 Å². The van der Waals surface area contributed by atoms with E-state index in [9.17, 15) is 0 Å². The zero-order chi connectivity index (χ0) is 15.5. The van der Waals surface area contributed by atoms with Crippen LogP contribution in [0.25, 0.3) is 0 Å². The number of hydrogen-bond acceptors (Lipinski definition) is 8. The van der Waals surface area contributed by atoms with Gasteiger partial charge >= 0.3 is 0 Å². The van der Waals surface area contributed by atoms with Crippen molar-refractivity contribution in [2.75, 3.05) is 6.54 Å². The van der Waals surface area contributed by atoms with Crippen LogP contribution in [0.5, 0.6) is 0 Å². The van der Waals surface area contributed by atoms with Crippen LogP contribution < -0.4 is 17.2 Å². The molecule has 22 heavy (non-hydrogen) atoms. The van der Waals surface area contributed by atoms with Crippen molar-refractivity contribution in [3.05, 3.63) is 36.0 Å². The summed E-state index contributed by atoms with van der Waals surface area (Å²) in [5.74, 6) is 1.42. The first kappa shape index (κ1) is 13.9. The highest BCUT2D eigenvalue weighted by atomic mass is 15.5. The van der Waals surface area contributed by atoms with Crippen molar-refractivity contribution in [2.24, 2.45) is 27.3 Å². The van der Waals surface area contributed by atoms with E-state index < -0.39 is 0 Å². The molecule has 1 aliphatic heterocycles. The predicted octanol–water partition coefficient (Wildman–Crippen LogP) is -1.29. The molecule has 0 fully saturated rings. The van der Waals surface area contributed by atoms with E-state index in [1.54, 1.807) is 29.3 Å². The predicted molar refractivity (Wildman–Crippen MR) is 80.9 cm³/mol. The van der Waals surface area contributed by atoms with Crippen molar-refractivity contribution >= 4 is 17.6 Å². The van der Waals surface area contributed by atoms with E-state index in [-0.39, 0.29) is 11.8 Å². The molecule has 0 amide bonds. The molecule has 0 saturated carbocycles. The monoisotopic (exact) mass is 300 g/mol. The fourth-order valence-corrected chi connectivity index (χ4v) is 2.05. The minimum atomic E-state index is 0.163. The van der Waals surface area contributed by atoms with E-state index in [0.29, 0.717) is 31.3 Å². The number of nitrogens with two attached hydrogens (primary N) is 3. The fraction of sp³-hybridized carbons (Fsp3) is 0.250. The molecule has 2 aromatic rings. The molecule has 1 aliphatic rings. The molecular formula is C12H16N10. The second-order valence-corrected chi connectivity index (χ2v) is 4.59. The van der Waals surface area contributed by atoms with Gasteiger partial charge in [-0.05, 0) is 6.07 Å². The van der Waals surface area contributed by atoms with Gasteiger partial charge in [0.1, 0.15) is 0 Å². The van der Waals surface area contributed by atoms with Crippen molar-refractivity contribution in [3.63, 3.8) is 0 Å². The standard InChI is InChI=1S/C12H16N10/c13-2-5-21-11-8(6-18-21)7-22(12(15)19-11)20-9(14)10-16-3-1-4-17-10/h1,3-4,6H,2,5,7,13H2,(H2,14,20)(H2,15,19). The molecule has 6 N–H and O–H groups in total. The number of aromatic nitrogens is 4. The highest BCUT2D eigenvalue weighted by molar-refractivity contribution is 5.95. The average molecular weight is 300 g/mol. The van der Waals surface area contributed by atoms with Crippen LogP contribution in [0.1, 0.15) is 11.4 Å². The van der Waals surface area contributed by atoms with Crippen molar-refractivity contribution in [1.82, 2.24) is 24.8 Å². The number of hydrogen-bond donors (Lipinski definition) is 3. The Morgan fingerprint density at radius 2 is 2.09 bits per heavy atom. The molecule has 0 bridgehead atoms. The van der Waals surface area contributed by atoms with E-state index in [0.717, 1.165) is 5.56 Å². The number of guanidine groups is 1. The Labute approximate surface area is 126 Å². The summed E-state index contributed by atoms with van der Waals surface area (Å²) < 4.78 is 1.72. The topological polar surface area (TPSA) is 150 Å². The van der Waals surface area contributed by atoms with Gasteiger partial charge in [-0.2, -0.15) is 10.1 Å². The lowest BCUT2D eigenvalue weighted by molar-refractivity contribution is 0.425. The largest absolute Gasteiger partial charge is 0.379 e. The molecule has 0 spiro atoms. The van der Waals surface area contributed by atoms with Crippen molar-refractivity contribution in [2.45, 2.75) is 13.1 Å². The van der Waals surface area contributed by atoms with Crippen LogP contribution in [0.2, 0.25) is 0 Å². The molecule has 3 rings (SSSR count). The minimum Gasteiger partial charge on any atom is -0.379 e. The fourth-order valence-electron chi connectivity index (χ4n) is 2.05. The van der Waals surface area contributed by atoms with Gasteiger partial charge in [-0.15, -0.1) is 5.10 Å². The molecule has 10 heteroatoms. The van der Waals surface area contributed by atoms with Gasteiger partial charge < -0.3 is 17.2 Å². The molecule has 0 radical (unpaired) electrons. The normalized spacial score (nSPS) is 14.7. The lowest BCUT2D eigenvalue weighted by atomic mass is 10.3. The van der Waals surface area contributed by atoms with Crippen LogP contribution >= 0.6 is 0 Å². The molecule has 10 nitrogen and oxygen atoms in total. The van der Waals surface area contributed by atoms with E-state index in [1.807, 2.05) is 0 Å². The maximum Gasteiger partial charge on any atom is 0.219 e. The first-order valence-electron chi connectivity index (χ1n) is 6.67. The van der Waals surface area contributed by atoms with Gasteiger partial charge in [0.2, 0.25) is 5.96 Å². The highest BCUT2D eigenvalue weighted by Crippen LogP contribution is 2.25. The number of rotatable bonds is 4. The summed E-state index contributed by atoms with van der Waals surface area (Å²) in [6.45, 7) is 1.47. The van der Waals surface area contributed by atoms with Gasteiger partial charge in [0.15, 0.2) is 17.5 Å². The Hall–Kier alpha value is -3.01. The Kier molecular flexibility index (Phi) is 3.66. The Bertz CT molecular complexity index is 717. The van der Waals surface area contributed by atoms with E-state index in [4.69, 9.17) is 17.2 Å². The van der Waals surface area contributed by atoms with Gasteiger partial charge in [0.25, 0.3) is 0 Å². The minimum absolute atomic E-state index is 0.163. The summed E-state index contributed by atoms with van der Waals surface area (Å²) in [7, 11) is 0. The third-order valence-electron chi connectivity index (χ3n) is 3.05. The van der Waals surface area contributed by atoms with E-state index in [1.165, 1.54) is 5.01 Å². The van der Waals surface area contributed by atoms with Crippen molar-refractivity contribution < 1.29 is 0 Å². The summed E-state index contributed by atoms with van der Waals surface area (Å²) in [6.07, 6.45) is 4.90. The number of hydrazone groups is 1. The molecule has 0 aliphatic carbocycles. The number of fused-ring (bicyclic) bond motifs is 1. The lowest BCUT2D eigenvalue weighted by Crippen LogP contribution is -2.37. The first-order chi connectivity index (χ1) is 10.7. The van der Waals surface area contributed by atoms with Gasteiger partial charge in [-0.3, -0.25) is 0 Å². The smallest absolute Gasteiger partial charge is 0.219 e. The quantitative estimate of drug-likeness (QED) is 0.469. The molecule has 0 aromatic carbocycles. The van der Waals surface area contributed by atoms with Crippen LogP contribution in [-0.2, 0) is 13.1 Å². The summed E-state index contributed by atoms with van der Waals surface area (Å²) in [4.78, 5) is 12.4. The van der Waals surface area contributed by atoms with Crippen molar-refractivity contribution in [3.8, 4) is 0 Å². The SMILES string of the molecule is NCCn1ncc2c1N=C(N)N(/N=C(\N)c1ncccn1)C2. The molecule has 2 aromatic heterocycles. The summed E-state index contributed by atoms with van der Waals surface area (Å²) in [5, 5.41) is 9.95. The Balaban J connectivity index is 1.86. The van der Waals surface area contributed by atoms with Gasteiger partial charge in [0, 0.05) is 24.5 Å². The maximum absolute atomic E-state index is 5.94. The van der Waals surface area contributed by atoms with Gasteiger partial charge in [0.05, 0.1) is 19.3 Å². The highest BCUT2D eigenvalue weighted by Gasteiger charge is 2.22. The summed E-state index contributed by atoms with van der Waals surface area (Å²) in [5.41, 5.74) is 18.3. The second kappa shape index (κ2) is 5.77.